The van der Waals surface area contributed by atoms with Crippen molar-refractivity contribution in [3.05, 3.63) is 70.8 Å². The molecular formula is C19H19F3N2O. The number of alkyl halides is 3. The van der Waals surface area contributed by atoms with E-state index in [9.17, 15) is 18.0 Å². The third kappa shape index (κ3) is 4.39. The van der Waals surface area contributed by atoms with Gasteiger partial charge in [0.25, 0.3) is 0 Å². The number of carbonyl (C=O) groups excluding carboxylic acids is 1. The van der Waals surface area contributed by atoms with Crippen molar-refractivity contribution in [2.75, 3.05) is 0 Å². The average molecular weight is 348 g/mol. The Hall–Kier alpha value is -2.34. The number of amides is 1. The minimum Gasteiger partial charge on any atom is -0.366 e. The summed E-state index contributed by atoms with van der Waals surface area (Å²) in [7, 11) is 0. The summed E-state index contributed by atoms with van der Waals surface area (Å²) >= 11 is 0. The van der Waals surface area contributed by atoms with E-state index in [4.69, 9.17) is 5.73 Å². The molecule has 132 valence electrons. The van der Waals surface area contributed by atoms with Crippen LogP contribution >= 0.6 is 0 Å². The Labute approximate surface area is 144 Å². The van der Waals surface area contributed by atoms with Gasteiger partial charge in [0, 0.05) is 24.7 Å². The Morgan fingerprint density at radius 3 is 2.24 bits per heavy atom. The van der Waals surface area contributed by atoms with Crippen LogP contribution in [0.4, 0.5) is 13.2 Å². The van der Waals surface area contributed by atoms with Crippen molar-refractivity contribution in [3.63, 3.8) is 0 Å². The van der Waals surface area contributed by atoms with Crippen molar-refractivity contribution < 1.29 is 18.0 Å². The molecule has 2 N–H and O–H groups in total. The number of primary amides is 1. The maximum absolute atomic E-state index is 13.2. The fourth-order valence-corrected chi connectivity index (χ4v) is 2.92. The van der Waals surface area contributed by atoms with Crippen molar-refractivity contribution >= 4 is 5.91 Å². The lowest BCUT2D eigenvalue weighted by Gasteiger charge is -2.24. The number of nitrogens with two attached hydrogens (primary N) is 1. The summed E-state index contributed by atoms with van der Waals surface area (Å²) in [5.74, 6) is -0.496. The van der Waals surface area contributed by atoms with Crippen molar-refractivity contribution in [2.24, 2.45) is 5.73 Å². The van der Waals surface area contributed by atoms with Gasteiger partial charge in [0.2, 0.25) is 5.91 Å². The monoisotopic (exact) mass is 348 g/mol. The van der Waals surface area contributed by atoms with E-state index in [2.05, 4.69) is 4.90 Å². The van der Waals surface area contributed by atoms with Crippen molar-refractivity contribution in [3.8, 4) is 0 Å². The SMILES string of the molecule is NC(=O)c1ccc(CN(Cc2ccccc2C(F)(F)F)C2CC2)cc1. The molecule has 0 unspecified atom stereocenters. The Morgan fingerprint density at radius 1 is 1.04 bits per heavy atom. The molecule has 2 aromatic rings. The van der Waals surface area contributed by atoms with Crippen LogP contribution in [0, 0.1) is 0 Å². The minimum atomic E-state index is -4.35. The second-order valence-corrected chi connectivity index (χ2v) is 6.35. The van der Waals surface area contributed by atoms with Crippen LogP contribution in [0.25, 0.3) is 0 Å². The first-order valence-corrected chi connectivity index (χ1v) is 8.12. The molecule has 1 aliphatic rings. The Morgan fingerprint density at radius 2 is 1.68 bits per heavy atom. The number of rotatable bonds is 6. The van der Waals surface area contributed by atoms with Crippen molar-refractivity contribution in [2.45, 2.75) is 38.1 Å². The van der Waals surface area contributed by atoms with Gasteiger partial charge in [0.15, 0.2) is 0 Å². The van der Waals surface area contributed by atoms with Gasteiger partial charge in [0.1, 0.15) is 0 Å². The van der Waals surface area contributed by atoms with Gasteiger partial charge in [-0.05, 0) is 42.2 Å². The highest BCUT2D eigenvalue weighted by atomic mass is 19.4. The molecule has 0 saturated heterocycles. The van der Waals surface area contributed by atoms with E-state index in [1.54, 1.807) is 30.3 Å². The van der Waals surface area contributed by atoms with Crippen LogP contribution in [0.3, 0.4) is 0 Å². The molecule has 0 aliphatic heterocycles. The molecule has 0 bridgehead atoms. The van der Waals surface area contributed by atoms with Crippen LogP contribution in [0.1, 0.15) is 39.9 Å². The van der Waals surface area contributed by atoms with Gasteiger partial charge < -0.3 is 5.73 Å². The summed E-state index contributed by atoms with van der Waals surface area (Å²) in [5.41, 5.74) is 6.30. The molecule has 25 heavy (non-hydrogen) atoms. The van der Waals surface area contributed by atoms with Crippen LogP contribution in [0.2, 0.25) is 0 Å². The molecule has 3 rings (SSSR count). The lowest BCUT2D eigenvalue weighted by atomic mass is 10.1. The van der Waals surface area contributed by atoms with Crippen molar-refractivity contribution in [1.29, 1.82) is 0 Å². The van der Waals surface area contributed by atoms with Crippen molar-refractivity contribution in [1.82, 2.24) is 4.90 Å². The predicted molar refractivity (Wildman–Crippen MR) is 88.7 cm³/mol. The smallest absolute Gasteiger partial charge is 0.366 e. The number of halogens is 3. The van der Waals surface area contributed by atoms with E-state index in [-0.39, 0.29) is 12.1 Å². The van der Waals surface area contributed by atoms with Gasteiger partial charge in [-0.3, -0.25) is 9.69 Å². The van der Waals surface area contributed by atoms with Crippen LogP contribution < -0.4 is 5.73 Å². The molecule has 2 aromatic carbocycles. The van der Waals surface area contributed by atoms with Crippen LogP contribution in [-0.4, -0.2) is 16.8 Å². The Kier molecular flexibility index (Phi) is 4.81. The summed E-state index contributed by atoms with van der Waals surface area (Å²) in [4.78, 5) is 13.2. The highest BCUT2D eigenvalue weighted by Crippen LogP contribution is 2.35. The van der Waals surface area contributed by atoms with Gasteiger partial charge in [-0.15, -0.1) is 0 Å². The zero-order valence-electron chi connectivity index (χ0n) is 13.6. The van der Waals surface area contributed by atoms with Gasteiger partial charge in [-0.2, -0.15) is 13.2 Å². The van der Waals surface area contributed by atoms with E-state index in [0.717, 1.165) is 24.5 Å². The minimum absolute atomic E-state index is 0.248. The molecule has 1 fully saturated rings. The topological polar surface area (TPSA) is 46.3 Å². The zero-order valence-corrected chi connectivity index (χ0v) is 13.6. The highest BCUT2D eigenvalue weighted by Gasteiger charge is 2.35. The fraction of sp³-hybridized carbons (Fsp3) is 0.316. The molecule has 0 spiro atoms. The number of carbonyl (C=O) groups is 1. The van der Waals surface area contributed by atoms with Gasteiger partial charge >= 0.3 is 6.18 Å². The molecule has 0 aromatic heterocycles. The van der Waals surface area contributed by atoms with E-state index < -0.39 is 17.6 Å². The molecule has 0 heterocycles. The zero-order chi connectivity index (χ0) is 18.0. The van der Waals surface area contributed by atoms with Crippen LogP contribution in [0.15, 0.2) is 48.5 Å². The summed E-state index contributed by atoms with van der Waals surface area (Å²) in [5, 5.41) is 0. The van der Waals surface area contributed by atoms with E-state index >= 15 is 0 Å². The number of benzene rings is 2. The third-order valence-corrected chi connectivity index (χ3v) is 4.38. The Balaban J connectivity index is 1.78. The average Bonchev–Trinajstić information content (AvgIpc) is 3.39. The van der Waals surface area contributed by atoms with Gasteiger partial charge in [-0.25, -0.2) is 0 Å². The summed E-state index contributed by atoms with van der Waals surface area (Å²) in [6.45, 7) is 0.786. The lowest BCUT2D eigenvalue weighted by Crippen LogP contribution is -2.26. The van der Waals surface area contributed by atoms with E-state index in [0.29, 0.717) is 18.2 Å². The molecule has 6 heteroatoms. The highest BCUT2D eigenvalue weighted by molar-refractivity contribution is 5.92. The summed E-state index contributed by atoms with van der Waals surface area (Å²) in [6.07, 6.45) is -2.37. The second kappa shape index (κ2) is 6.88. The maximum Gasteiger partial charge on any atom is 0.416 e. The standard InChI is InChI=1S/C19H19F3N2O/c20-19(21,22)17-4-2-1-3-15(17)12-24(16-9-10-16)11-13-5-7-14(8-6-13)18(23)25/h1-8,16H,9-12H2,(H2,23,25). The summed E-state index contributed by atoms with van der Waals surface area (Å²) in [6, 6.07) is 12.9. The first-order valence-electron chi connectivity index (χ1n) is 8.12. The van der Waals surface area contributed by atoms with E-state index in [1.165, 1.54) is 12.1 Å². The number of nitrogens with zero attached hydrogens (tertiary/aromatic N) is 1. The molecule has 1 saturated carbocycles. The molecule has 0 radical (unpaired) electrons. The molecule has 0 atom stereocenters. The largest absolute Gasteiger partial charge is 0.416 e. The van der Waals surface area contributed by atoms with Gasteiger partial charge in [-0.1, -0.05) is 30.3 Å². The van der Waals surface area contributed by atoms with Crippen LogP contribution in [-0.2, 0) is 19.3 Å². The second-order valence-electron chi connectivity index (χ2n) is 6.35. The predicted octanol–water partition coefficient (Wildman–Crippen LogP) is 3.97. The number of hydrogen-bond acceptors (Lipinski definition) is 2. The maximum atomic E-state index is 13.2. The third-order valence-electron chi connectivity index (χ3n) is 4.38. The Bertz CT molecular complexity index is 752. The fourth-order valence-electron chi connectivity index (χ4n) is 2.92. The quantitative estimate of drug-likeness (QED) is 0.859. The molecule has 1 aliphatic carbocycles. The molecular weight excluding hydrogens is 329 g/mol. The molecule has 1 amide bonds. The first kappa shape index (κ1) is 17.5. The normalized spacial score (nSPS) is 14.7. The van der Waals surface area contributed by atoms with Crippen LogP contribution in [0.5, 0.6) is 0 Å². The lowest BCUT2D eigenvalue weighted by molar-refractivity contribution is -0.138. The first-order chi connectivity index (χ1) is 11.8. The summed E-state index contributed by atoms with van der Waals surface area (Å²) < 4.78 is 39.6. The molecule has 3 nitrogen and oxygen atoms in total. The van der Waals surface area contributed by atoms with Gasteiger partial charge in [0.05, 0.1) is 5.56 Å². The van der Waals surface area contributed by atoms with E-state index in [1.807, 2.05) is 0 Å². The number of hydrogen-bond donors (Lipinski definition) is 1.